The second-order valence-electron chi connectivity index (χ2n) is 4.36. The fraction of sp³-hybridized carbons (Fsp3) is 0.455. The summed E-state index contributed by atoms with van der Waals surface area (Å²) >= 11 is 0. The maximum absolute atomic E-state index is 12.2. The van der Waals surface area contributed by atoms with E-state index in [0.717, 1.165) is 12.1 Å². The van der Waals surface area contributed by atoms with E-state index in [9.17, 15) is 26.9 Å². The van der Waals surface area contributed by atoms with Crippen molar-refractivity contribution in [2.75, 3.05) is 32.7 Å². The number of nitro benzene ring substituents is 1. The van der Waals surface area contributed by atoms with E-state index in [1.54, 1.807) is 0 Å². The molecule has 1 rings (SSSR count). The molecular weight excluding hydrogens is 352 g/mol. The zero-order valence-electron chi connectivity index (χ0n) is 12.2. The Kier molecular flexibility index (Phi) is 6.58. The summed E-state index contributed by atoms with van der Waals surface area (Å²) in [5.41, 5.74) is -0.853. The molecule has 1 aromatic rings. The third kappa shape index (κ3) is 5.51. The highest BCUT2D eigenvalue weighted by atomic mass is 32.2. The SMILES string of the molecule is COCCOCCS(=O)(=O)c1ccc(S(N)(=O)=O)cc1[N+](=O)[O-]. The predicted molar refractivity (Wildman–Crippen MR) is 79.2 cm³/mol. The van der Waals surface area contributed by atoms with Gasteiger partial charge in [-0.1, -0.05) is 0 Å². The Morgan fingerprint density at radius 1 is 1.17 bits per heavy atom. The monoisotopic (exact) mass is 368 g/mol. The summed E-state index contributed by atoms with van der Waals surface area (Å²) in [6, 6.07) is 2.37. The smallest absolute Gasteiger partial charge is 0.289 e. The average Bonchev–Trinajstić information content (AvgIpc) is 2.45. The van der Waals surface area contributed by atoms with E-state index >= 15 is 0 Å². The Morgan fingerprint density at radius 2 is 1.83 bits per heavy atom. The third-order valence-electron chi connectivity index (χ3n) is 2.72. The van der Waals surface area contributed by atoms with Crippen molar-refractivity contribution in [2.45, 2.75) is 9.79 Å². The van der Waals surface area contributed by atoms with Crippen LogP contribution in [0.2, 0.25) is 0 Å². The predicted octanol–water partition coefficient (Wildman–Crippen LogP) is -0.321. The van der Waals surface area contributed by atoms with Gasteiger partial charge in [0.05, 0.1) is 35.4 Å². The van der Waals surface area contributed by atoms with E-state index in [2.05, 4.69) is 0 Å². The molecule has 130 valence electrons. The summed E-state index contributed by atoms with van der Waals surface area (Å²) in [7, 11) is -6.76. The van der Waals surface area contributed by atoms with Crippen molar-refractivity contribution in [1.29, 1.82) is 0 Å². The average molecular weight is 368 g/mol. The Morgan fingerprint density at radius 3 is 2.35 bits per heavy atom. The highest BCUT2D eigenvalue weighted by molar-refractivity contribution is 7.91. The summed E-state index contributed by atoms with van der Waals surface area (Å²) in [5, 5.41) is 15.9. The molecular formula is C11H16N2O8S2. The van der Waals surface area contributed by atoms with Gasteiger partial charge in [0.25, 0.3) is 5.69 Å². The van der Waals surface area contributed by atoms with Crippen LogP contribution in [-0.4, -0.2) is 54.4 Å². The molecule has 0 spiro atoms. The van der Waals surface area contributed by atoms with Crippen molar-refractivity contribution in [3.8, 4) is 0 Å². The van der Waals surface area contributed by atoms with E-state index in [1.165, 1.54) is 7.11 Å². The molecule has 12 heteroatoms. The van der Waals surface area contributed by atoms with Crippen LogP contribution < -0.4 is 5.14 Å². The van der Waals surface area contributed by atoms with Gasteiger partial charge < -0.3 is 9.47 Å². The minimum absolute atomic E-state index is 0.179. The molecule has 23 heavy (non-hydrogen) atoms. The van der Waals surface area contributed by atoms with Crippen molar-refractivity contribution in [3.05, 3.63) is 28.3 Å². The van der Waals surface area contributed by atoms with Gasteiger partial charge in [-0.25, -0.2) is 22.0 Å². The number of nitro groups is 1. The molecule has 0 unspecified atom stereocenters. The molecule has 2 N–H and O–H groups in total. The first-order chi connectivity index (χ1) is 10.6. The zero-order valence-corrected chi connectivity index (χ0v) is 13.8. The molecule has 0 aromatic heterocycles. The number of sulfone groups is 1. The Labute approximate surface area is 133 Å². The summed E-state index contributed by atoms with van der Waals surface area (Å²) in [5.74, 6) is -0.494. The lowest BCUT2D eigenvalue weighted by molar-refractivity contribution is -0.388. The Bertz CT molecular complexity index is 773. The molecule has 10 nitrogen and oxygen atoms in total. The molecule has 0 heterocycles. The topological polar surface area (TPSA) is 156 Å². The van der Waals surface area contributed by atoms with E-state index in [1.807, 2.05) is 0 Å². The minimum Gasteiger partial charge on any atom is -0.382 e. The quantitative estimate of drug-likeness (QED) is 0.353. The summed E-state index contributed by atoms with van der Waals surface area (Å²) < 4.78 is 56.5. The van der Waals surface area contributed by atoms with Crippen LogP contribution in [0.4, 0.5) is 5.69 Å². The number of nitrogens with two attached hydrogens (primary N) is 1. The maximum Gasteiger partial charge on any atom is 0.289 e. The van der Waals surface area contributed by atoms with E-state index in [-0.39, 0.29) is 19.8 Å². The Balaban J connectivity index is 3.08. The van der Waals surface area contributed by atoms with E-state index in [4.69, 9.17) is 14.6 Å². The number of benzene rings is 1. The van der Waals surface area contributed by atoms with Crippen molar-refractivity contribution >= 4 is 25.5 Å². The number of rotatable bonds is 9. The molecule has 0 atom stereocenters. The van der Waals surface area contributed by atoms with Gasteiger partial charge in [0.15, 0.2) is 9.84 Å². The third-order valence-corrected chi connectivity index (χ3v) is 5.35. The van der Waals surface area contributed by atoms with Crippen molar-refractivity contribution in [1.82, 2.24) is 0 Å². The van der Waals surface area contributed by atoms with Crippen molar-refractivity contribution in [2.24, 2.45) is 5.14 Å². The van der Waals surface area contributed by atoms with Gasteiger partial charge >= 0.3 is 0 Å². The molecule has 0 bridgehead atoms. The molecule has 0 amide bonds. The summed E-state index contributed by atoms with van der Waals surface area (Å²) in [6.45, 7) is 0.279. The van der Waals surface area contributed by atoms with E-state index in [0.29, 0.717) is 6.07 Å². The number of hydrogen-bond acceptors (Lipinski definition) is 8. The van der Waals surface area contributed by atoms with Crippen LogP contribution in [0.25, 0.3) is 0 Å². The lowest BCUT2D eigenvalue weighted by atomic mass is 10.3. The van der Waals surface area contributed by atoms with Crippen LogP contribution in [0.15, 0.2) is 28.0 Å². The highest BCUT2D eigenvalue weighted by Crippen LogP contribution is 2.27. The molecule has 0 saturated carbocycles. The van der Waals surface area contributed by atoms with Gasteiger partial charge in [-0.3, -0.25) is 10.1 Å². The highest BCUT2D eigenvalue weighted by Gasteiger charge is 2.27. The second-order valence-corrected chi connectivity index (χ2v) is 7.99. The Hall–Kier alpha value is -1.60. The van der Waals surface area contributed by atoms with Gasteiger partial charge in [-0.15, -0.1) is 0 Å². The summed E-state index contributed by atoms with van der Waals surface area (Å²) in [6.07, 6.45) is 0. The lowest BCUT2D eigenvalue weighted by Crippen LogP contribution is -2.17. The van der Waals surface area contributed by atoms with Crippen LogP contribution in [0.3, 0.4) is 0 Å². The normalized spacial score (nSPS) is 12.3. The number of ether oxygens (including phenoxy) is 2. The molecule has 0 aliphatic rings. The second kappa shape index (κ2) is 7.79. The van der Waals surface area contributed by atoms with Crippen LogP contribution in [0.1, 0.15) is 0 Å². The minimum atomic E-state index is -4.19. The number of primary sulfonamides is 1. The molecule has 0 aliphatic carbocycles. The van der Waals surface area contributed by atoms with Crippen molar-refractivity contribution in [3.63, 3.8) is 0 Å². The first-order valence-corrected chi connectivity index (χ1v) is 9.40. The zero-order chi connectivity index (χ0) is 17.7. The van der Waals surface area contributed by atoms with Gasteiger partial charge in [0.1, 0.15) is 4.90 Å². The van der Waals surface area contributed by atoms with Crippen LogP contribution in [-0.2, 0) is 29.3 Å². The largest absolute Gasteiger partial charge is 0.382 e. The molecule has 0 radical (unpaired) electrons. The van der Waals surface area contributed by atoms with E-state index < -0.39 is 46.0 Å². The van der Waals surface area contributed by atoms with Crippen LogP contribution >= 0.6 is 0 Å². The summed E-state index contributed by atoms with van der Waals surface area (Å²) in [4.78, 5) is 8.91. The number of methoxy groups -OCH3 is 1. The first kappa shape index (κ1) is 19.4. The molecule has 0 fully saturated rings. The number of nitrogens with zero attached hydrogens (tertiary/aromatic N) is 1. The maximum atomic E-state index is 12.2. The fourth-order valence-corrected chi connectivity index (χ4v) is 3.42. The lowest BCUT2D eigenvalue weighted by Gasteiger charge is -2.07. The van der Waals surface area contributed by atoms with Crippen LogP contribution in [0, 0.1) is 10.1 Å². The van der Waals surface area contributed by atoms with Crippen LogP contribution in [0.5, 0.6) is 0 Å². The standard InChI is InChI=1S/C11H16N2O8S2/c1-20-4-5-21-6-7-22(16,17)11-3-2-9(23(12,18)19)8-10(11)13(14)15/h2-3,8H,4-7H2,1H3,(H2,12,18,19). The van der Waals surface area contributed by atoms with Gasteiger partial charge in [-0.2, -0.15) is 0 Å². The van der Waals surface area contributed by atoms with Gasteiger partial charge in [0, 0.05) is 13.2 Å². The molecule has 1 aromatic carbocycles. The number of sulfonamides is 1. The number of hydrogen-bond donors (Lipinski definition) is 1. The molecule has 0 saturated heterocycles. The van der Waals surface area contributed by atoms with Crippen molar-refractivity contribution < 1.29 is 31.2 Å². The first-order valence-electron chi connectivity index (χ1n) is 6.20. The van der Waals surface area contributed by atoms with Gasteiger partial charge in [0.2, 0.25) is 10.0 Å². The fourth-order valence-electron chi connectivity index (χ4n) is 1.60. The van der Waals surface area contributed by atoms with Gasteiger partial charge in [-0.05, 0) is 12.1 Å². The molecule has 0 aliphatic heterocycles.